The molecule has 0 aliphatic heterocycles. The van der Waals surface area contributed by atoms with Gasteiger partial charge < -0.3 is 19.1 Å². The van der Waals surface area contributed by atoms with Crippen molar-refractivity contribution in [3.63, 3.8) is 0 Å². The van der Waals surface area contributed by atoms with Gasteiger partial charge in [-0.25, -0.2) is 4.98 Å². The molecule has 5 nitrogen and oxygen atoms in total. The molecule has 0 aliphatic rings. The lowest BCUT2D eigenvalue weighted by atomic mass is 10.1. The van der Waals surface area contributed by atoms with Crippen molar-refractivity contribution >= 4 is 46.0 Å². The van der Waals surface area contributed by atoms with E-state index in [9.17, 15) is 0 Å². The van der Waals surface area contributed by atoms with Crippen LogP contribution in [0.25, 0.3) is 33.6 Å². The fourth-order valence-corrected chi connectivity index (χ4v) is 4.15. The van der Waals surface area contributed by atoms with Crippen molar-refractivity contribution < 1.29 is 8.83 Å². The summed E-state index contributed by atoms with van der Waals surface area (Å²) in [7, 11) is 1.94. The zero-order valence-electron chi connectivity index (χ0n) is 18.2. The average Bonchev–Trinajstić information content (AvgIpc) is 3.45. The van der Waals surface area contributed by atoms with E-state index < -0.39 is 0 Å². The summed E-state index contributed by atoms with van der Waals surface area (Å²) >= 11 is 6.37. The Hall–Kier alpha value is -2.73. The van der Waals surface area contributed by atoms with E-state index >= 15 is 0 Å². The van der Waals surface area contributed by atoms with Gasteiger partial charge in [-0.05, 0) is 55.1 Å². The molecule has 5 aromatic rings. The molecular weight excluding hydrogens is 445 g/mol. The molecular formula is C25H25Cl2N3O2. The Morgan fingerprint density at radius 2 is 1.91 bits per heavy atom. The molecule has 32 heavy (non-hydrogen) atoms. The van der Waals surface area contributed by atoms with Crippen molar-refractivity contribution in [3.05, 3.63) is 76.2 Å². The Balaban J connectivity index is 0.00000245. The van der Waals surface area contributed by atoms with Gasteiger partial charge in [0.15, 0.2) is 11.6 Å². The third-order valence-corrected chi connectivity index (χ3v) is 5.65. The number of halogens is 2. The third kappa shape index (κ3) is 4.29. The fraction of sp³-hybridized carbons (Fsp3) is 0.240. The number of hydrogen-bond donors (Lipinski definition) is 2. The lowest BCUT2D eigenvalue weighted by Gasteiger charge is -2.02. The molecule has 0 unspecified atom stereocenters. The van der Waals surface area contributed by atoms with Gasteiger partial charge in [-0.2, -0.15) is 0 Å². The summed E-state index contributed by atoms with van der Waals surface area (Å²) in [4.78, 5) is 8.05. The quantitative estimate of drug-likeness (QED) is 0.278. The number of aromatic amines is 1. The molecule has 5 rings (SSSR count). The average molecular weight is 470 g/mol. The second-order valence-electron chi connectivity index (χ2n) is 8.20. The number of nitrogens with zero attached hydrogens (tertiary/aromatic N) is 1. The van der Waals surface area contributed by atoms with Crippen molar-refractivity contribution in [2.45, 2.75) is 32.7 Å². The summed E-state index contributed by atoms with van der Waals surface area (Å²) in [6.07, 6.45) is 0.592. The zero-order chi connectivity index (χ0) is 21.5. The molecule has 0 aliphatic carbocycles. The van der Waals surface area contributed by atoms with Crippen molar-refractivity contribution in [1.82, 2.24) is 15.3 Å². The molecule has 0 saturated heterocycles. The normalized spacial score (nSPS) is 11.5. The van der Waals surface area contributed by atoms with Crippen LogP contribution in [-0.4, -0.2) is 17.0 Å². The minimum absolute atomic E-state index is 0. The number of furan rings is 2. The van der Waals surface area contributed by atoms with E-state index in [2.05, 4.69) is 47.3 Å². The number of nitrogens with one attached hydrogen (secondary N) is 2. The second-order valence-corrected chi connectivity index (χ2v) is 8.63. The summed E-state index contributed by atoms with van der Waals surface area (Å²) in [6, 6.07) is 16.1. The van der Waals surface area contributed by atoms with Crippen LogP contribution in [0.4, 0.5) is 0 Å². The van der Waals surface area contributed by atoms with Gasteiger partial charge in [0.05, 0.1) is 11.0 Å². The van der Waals surface area contributed by atoms with Crippen molar-refractivity contribution in [2.24, 2.45) is 0 Å². The highest BCUT2D eigenvalue weighted by molar-refractivity contribution is 6.31. The van der Waals surface area contributed by atoms with E-state index in [1.54, 1.807) is 0 Å². The number of benzene rings is 2. The minimum Gasteiger partial charge on any atom is -0.461 e. The summed E-state index contributed by atoms with van der Waals surface area (Å²) in [6.45, 7) is 5.05. The Kier molecular flexibility index (Phi) is 6.33. The summed E-state index contributed by atoms with van der Waals surface area (Å²) in [5.41, 5.74) is 4.99. The molecule has 0 saturated carbocycles. The lowest BCUT2D eigenvalue weighted by Crippen LogP contribution is -2.04. The van der Waals surface area contributed by atoms with Gasteiger partial charge in [0.25, 0.3) is 0 Å². The summed E-state index contributed by atoms with van der Waals surface area (Å²) in [5.74, 6) is 3.54. The van der Waals surface area contributed by atoms with E-state index in [0.717, 1.165) is 51.5 Å². The molecule has 0 atom stereocenters. The minimum atomic E-state index is 0. The first-order valence-corrected chi connectivity index (χ1v) is 10.8. The standard InChI is InChI=1S/C25H24ClN3O2.ClH/c1-14(2)23-12-17-10-18(26)9-16(24(17)31-23)11-19-5-7-22(30-19)25-28-20-6-4-15(13-27-3)8-21(20)29-25;/h4-10,12,14,27H,11,13H2,1-3H3,(H,28,29);1H. The lowest BCUT2D eigenvalue weighted by molar-refractivity contribution is 0.512. The van der Waals surface area contributed by atoms with Crippen molar-refractivity contribution in [1.29, 1.82) is 0 Å². The molecule has 0 spiro atoms. The monoisotopic (exact) mass is 469 g/mol. The highest BCUT2D eigenvalue weighted by Gasteiger charge is 2.15. The first kappa shape index (κ1) is 22.5. The largest absolute Gasteiger partial charge is 0.461 e. The van der Waals surface area contributed by atoms with E-state index in [4.69, 9.17) is 20.4 Å². The molecule has 2 aromatic carbocycles. The van der Waals surface area contributed by atoms with Crippen LogP contribution in [0.1, 0.15) is 42.4 Å². The van der Waals surface area contributed by atoms with E-state index in [1.807, 2.05) is 37.4 Å². The highest BCUT2D eigenvalue weighted by Crippen LogP contribution is 2.32. The number of rotatable bonds is 6. The van der Waals surface area contributed by atoms with Crippen LogP contribution >= 0.6 is 24.0 Å². The molecule has 0 radical (unpaired) electrons. The van der Waals surface area contributed by atoms with E-state index in [-0.39, 0.29) is 12.4 Å². The summed E-state index contributed by atoms with van der Waals surface area (Å²) < 4.78 is 12.3. The maximum Gasteiger partial charge on any atom is 0.174 e. The van der Waals surface area contributed by atoms with Crippen molar-refractivity contribution in [2.75, 3.05) is 7.05 Å². The van der Waals surface area contributed by atoms with Crippen LogP contribution in [0.15, 0.2) is 57.4 Å². The van der Waals surface area contributed by atoms with Gasteiger partial charge in [-0.15, -0.1) is 12.4 Å². The predicted molar refractivity (Wildman–Crippen MR) is 132 cm³/mol. The molecule has 0 amide bonds. The van der Waals surface area contributed by atoms with Crippen molar-refractivity contribution in [3.8, 4) is 11.6 Å². The Labute approximate surface area is 197 Å². The molecule has 2 N–H and O–H groups in total. The van der Waals surface area contributed by atoms with Gasteiger partial charge in [-0.1, -0.05) is 31.5 Å². The Morgan fingerprint density at radius 3 is 2.69 bits per heavy atom. The van der Waals surface area contributed by atoms with Crippen LogP contribution < -0.4 is 5.32 Å². The summed E-state index contributed by atoms with van der Waals surface area (Å²) in [5, 5.41) is 4.88. The fourth-order valence-electron chi connectivity index (χ4n) is 3.90. The second kappa shape index (κ2) is 9.02. The van der Waals surface area contributed by atoms with Gasteiger partial charge in [0.2, 0.25) is 0 Å². The predicted octanol–water partition coefficient (Wildman–Crippen LogP) is 7.08. The number of hydrogen-bond acceptors (Lipinski definition) is 4. The maximum absolute atomic E-state index is 6.37. The molecule has 0 fully saturated rings. The first-order chi connectivity index (χ1) is 15.0. The smallest absolute Gasteiger partial charge is 0.174 e. The van der Waals surface area contributed by atoms with Crippen LogP contribution in [0.3, 0.4) is 0 Å². The maximum atomic E-state index is 6.37. The van der Waals surface area contributed by atoms with E-state index in [1.165, 1.54) is 5.56 Å². The Morgan fingerprint density at radius 1 is 1.06 bits per heavy atom. The van der Waals surface area contributed by atoms with E-state index in [0.29, 0.717) is 23.1 Å². The van der Waals surface area contributed by atoms with Gasteiger partial charge >= 0.3 is 0 Å². The van der Waals surface area contributed by atoms with Crippen LogP contribution in [-0.2, 0) is 13.0 Å². The van der Waals surface area contributed by atoms with Gasteiger partial charge in [0.1, 0.15) is 17.1 Å². The Bertz CT molecular complexity index is 1380. The molecule has 3 heterocycles. The molecule has 166 valence electrons. The van der Waals surface area contributed by atoms with Crippen LogP contribution in [0, 0.1) is 0 Å². The molecule has 0 bridgehead atoms. The van der Waals surface area contributed by atoms with Crippen LogP contribution in [0.2, 0.25) is 5.02 Å². The first-order valence-electron chi connectivity index (χ1n) is 10.4. The zero-order valence-corrected chi connectivity index (χ0v) is 19.7. The number of imidazole rings is 1. The van der Waals surface area contributed by atoms with Gasteiger partial charge in [0, 0.05) is 34.9 Å². The number of H-pyrrole nitrogens is 1. The van der Waals surface area contributed by atoms with Crippen LogP contribution in [0.5, 0.6) is 0 Å². The number of fused-ring (bicyclic) bond motifs is 2. The third-order valence-electron chi connectivity index (χ3n) is 5.43. The SMILES string of the molecule is CNCc1ccc2nc(-c3ccc(Cc4cc(Cl)cc5cc(C(C)C)oc45)o3)[nH]c2c1.Cl. The highest BCUT2D eigenvalue weighted by atomic mass is 35.5. The molecule has 7 heteroatoms. The molecule has 3 aromatic heterocycles. The number of aromatic nitrogens is 2. The topological polar surface area (TPSA) is 67.0 Å². The van der Waals surface area contributed by atoms with Gasteiger partial charge in [-0.3, -0.25) is 0 Å².